The lowest BCUT2D eigenvalue weighted by atomic mass is 9.99. The van der Waals surface area contributed by atoms with Crippen molar-refractivity contribution in [1.82, 2.24) is 30.7 Å². The molecule has 1 fully saturated rings. The van der Waals surface area contributed by atoms with Crippen LogP contribution >= 0.6 is 0 Å². The number of pyridine rings is 1. The van der Waals surface area contributed by atoms with Crippen LogP contribution in [-0.4, -0.2) is 98.7 Å². The molecule has 1 aromatic heterocycles. The molecule has 0 bridgehead atoms. The van der Waals surface area contributed by atoms with Crippen molar-refractivity contribution >= 4 is 28.8 Å². The molecule has 5 rings (SSSR count). The van der Waals surface area contributed by atoms with Crippen LogP contribution in [0.4, 0.5) is 4.79 Å². The van der Waals surface area contributed by atoms with E-state index in [1.807, 2.05) is 66.7 Å². The summed E-state index contributed by atoms with van der Waals surface area (Å²) in [5, 5.41) is 9.73. The number of hydrogen-bond acceptors (Lipinski definition) is 8. The number of carbonyl (C=O) groups is 3. The third-order valence-corrected chi connectivity index (χ3v) is 9.89. The van der Waals surface area contributed by atoms with Gasteiger partial charge in [0.15, 0.2) is 0 Å². The molecule has 1 saturated heterocycles. The molecule has 3 amide bonds. The number of aromatic nitrogens is 1. The van der Waals surface area contributed by atoms with Crippen molar-refractivity contribution in [3.05, 3.63) is 95.6 Å². The second-order valence-electron chi connectivity index (χ2n) is 14.0. The van der Waals surface area contributed by atoms with Crippen molar-refractivity contribution < 1.29 is 23.9 Å². The Morgan fingerprint density at radius 1 is 0.833 bits per heavy atom. The summed E-state index contributed by atoms with van der Waals surface area (Å²) >= 11 is 0. The number of fused-ring (bicyclic) bond motifs is 1. The highest BCUT2D eigenvalue weighted by atomic mass is 16.5. The molecule has 0 spiro atoms. The number of aryl methyl sites for hydroxylation is 1. The van der Waals surface area contributed by atoms with Gasteiger partial charge in [0, 0.05) is 50.2 Å². The van der Waals surface area contributed by atoms with Gasteiger partial charge in [-0.3, -0.25) is 9.59 Å². The molecule has 0 aliphatic carbocycles. The van der Waals surface area contributed by atoms with Crippen molar-refractivity contribution in [1.29, 1.82) is 0 Å². The first-order chi connectivity index (χ1) is 26.3. The summed E-state index contributed by atoms with van der Waals surface area (Å²) in [6, 6.07) is 24.3. The zero-order valence-corrected chi connectivity index (χ0v) is 32.1. The first-order valence-electron chi connectivity index (χ1n) is 19.3. The van der Waals surface area contributed by atoms with Crippen molar-refractivity contribution in [2.75, 3.05) is 60.0 Å². The van der Waals surface area contributed by atoms with Crippen LogP contribution in [0.1, 0.15) is 66.9 Å². The number of nitrogens with zero attached hydrogens (tertiary/aromatic N) is 3. The van der Waals surface area contributed by atoms with E-state index in [-0.39, 0.29) is 18.4 Å². The molecule has 11 nitrogen and oxygen atoms in total. The average molecular weight is 737 g/mol. The number of unbranched alkanes of at least 4 members (excludes halogenated alkanes) is 2. The number of amides is 3. The molecule has 1 atom stereocenters. The van der Waals surface area contributed by atoms with Crippen LogP contribution in [0.5, 0.6) is 5.75 Å². The maximum absolute atomic E-state index is 14.3. The molecule has 11 heteroatoms. The fraction of sp³-hybridized carbons (Fsp3) is 0.442. The van der Waals surface area contributed by atoms with Crippen molar-refractivity contribution in [3.63, 3.8) is 0 Å². The Balaban J connectivity index is 1.27. The molecule has 0 saturated carbocycles. The highest BCUT2D eigenvalue weighted by Gasteiger charge is 2.24. The third-order valence-electron chi connectivity index (χ3n) is 9.89. The number of carbonyl (C=O) groups excluding carboxylic acids is 3. The molecule has 3 N–H and O–H groups in total. The number of benzene rings is 3. The lowest BCUT2D eigenvalue weighted by Crippen LogP contribution is -2.48. The van der Waals surface area contributed by atoms with Crippen molar-refractivity contribution in [2.24, 2.45) is 0 Å². The molecule has 1 aliphatic heterocycles. The van der Waals surface area contributed by atoms with Crippen LogP contribution in [0.3, 0.4) is 0 Å². The van der Waals surface area contributed by atoms with E-state index in [2.05, 4.69) is 51.9 Å². The Morgan fingerprint density at radius 2 is 1.59 bits per heavy atom. The molecule has 4 aromatic rings. The summed E-state index contributed by atoms with van der Waals surface area (Å²) in [5.74, 6) is 0.189. The predicted octanol–water partition coefficient (Wildman–Crippen LogP) is 6.20. The van der Waals surface area contributed by atoms with Gasteiger partial charge in [0.25, 0.3) is 5.91 Å². The zero-order valence-electron chi connectivity index (χ0n) is 32.1. The van der Waals surface area contributed by atoms with Gasteiger partial charge in [0.1, 0.15) is 18.4 Å². The first-order valence-corrected chi connectivity index (χ1v) is 19.3. The van der Waals surface area contributed by atoms with Crippen LogP contribution in [0.2, 0.25) is 0 Å². The number of methoxy groups -OCH3 is 1. The summed E-state index contributed by atoms with van der Waals surface area (Å²) in [5.41, 5.74) is 4.75. The summed E-state index contributed by atoms with van der Waals surface area (Å²) in [6.45, 7) is 8.32. The van der Waals surface area contributed by atoms with Gasteiger partial charge >= 0.3 is 6.09 Å². The Hall–Kier alpha value is -5.00. The molecule has 3 aromatic carbocycles. The zero-order chi connectivity index (χ0) is 38.1. The number of hydrogen-bond donors (Lipinski definition) is 3. The Bertz CT molecular complexity index is 1790. The molecule has 288 valence electrons. The molecule has 54 heavy (non-hydrogen) atoms. The van der Waals surface area contributed by atoms with Crippen molar-refractivity contribution in [3.8, 4) is 17.0 Å². The fourth-order valence-electron chi connectivity index (χ4n) is 6.56. The van der Waals surface area contributed by atoms with Gasteiger partial charge < -0.3 is 35.2 Å². The van der Waals surface area contributed by atoms with E-state index in [0.29, 0.717) is 49.1 Å². The summed E-state index contributed by atoms with van der Waals surface area (Å²) in [7, 11) is 3.76. The van der Waals surface area contributed by atoms with Gasteiger partial charge in [-0.05, 0) is 106 Å². The Morgan fingerprint density at radius 3 is 2.33 bits per heavy atom. The number of nitrogens with one attached hydrogen (secondary N) is 3. The molecular weight excluding hydrogens is 681 g/mol. The lowest BCUT2D eigenvalue weighted by Gasteiger charge is -2.32. The van der Waals surface area contributed by atoms with Crippen LogP contribution in [0.15, 0.2) is 78.9 Å². The van der Waals surface area contributed by atoms with E-state index >= 15 is 0 Å². The molecule has 0 radical (unpaired) electrons. The van der Waals surface area contributed by atoms with Gasteiger partial charge in [-0.2, -0.15) is 0 Å². The molecule has 2 heterocycles. The maximum atomic E-state index is 14.3. The van der Waals surface area contributed by atoms with Crippen LogP contribution in [-0.2, 0) is 22.6 Å². The van der Waals surface area contributed by atoms with Gasteiger partial charge in [0.2, 0.25) is 5.91 Å². The normalized spacial score (nSPS) is 14.0. The SMILES string of the molecule is CCCCc1ccc2nc(-c3ccc(OC)cc3)cc(C(=O)NC(CCCCNC(=O)OCc3ccccc3)C(=O)NCCCN3CCN(C)CC3)c2c1. The molecule has 1 aliphatic rings. The maximum Gasteiger partial charge on any atom is 0.407 e. The minimum atomic E-state index is -0.762. The average Bonchev–Trinajstić information content (AvgIpc) is 3.20. The second-order valence-corrected chi connectivity index (χ2v) is 14.0. The minimum Gasteiger partial charge on any atom is -0.497 e. The van der Waals surface area contributed by atoms with Gasteiger partial charge in [-0.25, -0.2) is 9.78 Å². The van der Waals surface area contributed by atoms with Crippen molar-refractivity contribution in [2.45, 2.75) is 64.5 Å². The van der Waals surface area contributed by atoms with Crippen LogP contribution < -0.4 is 20.7 Å². The van der Waals surface area contributed by atoms with Crippen LogP contribution in [0, 0.1) is 0 Å². The molecular formula is C43H56N6O5. The second kappa shape index (κ2) is 21.0. The predicted molar refractivity (Wildman–Crippen MR) is 214 cm³/mol. The summed E-state index contributed by atoms with van der Waals surface area (Å²) in [4.78, 5) is 50.0. The smallest absolute Gasteiger partial charge is 0.407 e. The number of likely N-dealkylation sites (N-methyl/N-ethyl adjacent to an activating group) is 1. The van der Waals surface area contributed by atoms with E-state index in [9.17, 15) is 14.4 Å². The minimum absolute atomic E-state index is 0.194. The Labute approximate surface area is 319 Å². The van der Waals surface area contributed by atoms with Crippen LogP contribution in [0.25, 0.3) is 22.2 Å². The fourth-order valence-corrected chi connectivity index (χ4v) is 6.56. The number of ether oxygens (including phenoxy) is 2. The Kier molecular flexibility index (Phi) is 15.7. The third kappa shape index (κ3) is 12.3. The van der Waals surface area contributed by atoms with Gasteiger partial charge in [-0.1, -0.05) is 49.7 Å². The quantitative estimate of drug-likeness (QED) is 0.0973. The first kappa shape index (κ1) is 40.2. The highest BCUT2D eigenvalue weighted by molar-refractivity contribution is 6.08. The number of rotatable bonds is 19. The summed E-state index contributed by atoms with van der Waals surface area (Å²) in [6.07, 6.45) is 4.98. The highest BCUT2D eigenvalue weighted by Crippen LogP contribution is 2.28. The van der Waals surface area contributed by atoms with E-state index in [4.69, 9.17) is 14.5 Å². The lowest BCUT2D eigenvalue weighted by molar-refractivity contribution is -0.123. The largest absolute Gasteiger partial charge is 0.497 e. The van der Waals surface area contributed by atoms with E-state index in [1.165, 1.54) is 0 Å². The monoisotopic (exact) mass is 736 g/mol. The topological polar surface area (TPSA) is 125 Å². The van der Waals surface area contributed by atoms with Gasteiger partial charge in [-0.15, -0.1) is 0 Å². The van der Waals surface area contributed by atoms with E-state index < -0.39 is 12.1 Å². The van der Waals surface area contributed by atoms with E-state index in [0.717, 1.165) is 86.2 Å². The standard InChI is InChI=1S/C43H56N6O5/c1-4-5-12-32-16-21-38-36(29-32)37(30-40(46-38)34-17-19-35(53-3)20-18-34)41(50)47-39(42(51)44-23-11-24-49-27-25-48(2)26-28-49)15-9-10-22-45-43(52)54-31-33-13-7-6-8-14-33/h6-8,13-14,16-21,29-30,39H,4-5,9-12,15,22-28,31H2,1-3H3,(H,44,51)(H,45,52)(H,47,50). The van der Waals surface area contributed by atoms with E-state index in [1.54, 1.807) is 7.11 Å². The number of alkyl carbamates (subject to hydrolysis) is 1. The summed E-state index contributed by atoms with van der Waals surface area (Å²) < 4.78 is 10.7. The van der Waals surface area contributed by atoms with Gasteiger partial charge in [0.05, 0.1) is 23.9 Å². The molecule has 1 unspecified atom stereocenters. The number of piperazine rings is 1.